The predicted molar refractivity (Wildman–Crippen MR) is 58.0 cm³/mol. The number of anilines is 2. The zero-order chi connectivity index (χ0) is 10.1. The summed E-state index contributed by atoms with van der Waals surface area (Å²) in [7, 11) is 1.77. The number of hydrogen-bond donors (Lipinski definition) is 1. The fourth-order valence-electron chi connectivity index (χ4n) is 1.54. The molecule has 1 aromatic carbocycles. The molecule has 1 N–H and O–H groups in total. The van der Waals surface area contributed by atoms with Crippen LogP contribution in [-0.4, -0.2) is 19.5 Å². The molecular weight excluding hydrogens is 200 g/mol. The fourth-order valence-corrected chi connectivity index (χ4v) is 1.70. The number of nitrogens with one attached hydrogen (secondary N) is 1. The molecule has 0 aliphatic carbocycles. The maximum Gasteiger partial charge on any atom is 0.228 e. The van der Waals surface area contributed by atoms with Gasteiger partial charge in [-0.3, -0.25) is 4.79 Å². The first-order chi connectivity index (χ1) is 6.68. The van der Waals surface area contributed by atoms with Crippen LogP contribution in [-0.2, 0) is 4.79 Å². The van der Waals surface area contributed by atoms with Gasteiger partial charge in [0, 0.05) is 25.0 Å². The van der Waals surface area contributed by atoms with Gasteiger partial charge in [0.1, 0.15) is 0 Å². The molecule has 4 heteroatoms. The average molecular weight is 211 g/mol. The Labute approximate surface area is 87.7 Å². The first-order valence-electron chi connectivity index (χ1n) is 4.48. The lowest BCUT2D eigenvalue weighted by molar-refractivity contribution is -0.118. The average Bonchev–Trinajstić information content (AvgIpc) is 2.30. The molecule has 1 aliphatic rings. The molecule has 1 heterocycles. The van der Waals surface area contributed by atoms with Gasteiger partial charge in [-0.25, -0.2) is 0 Å². The number of rotatable bonds is 0. The Hall–Kier alpha value is -1.22. The van der Waals surface area contributed by atoms with Crippen LogP contribution < -0.4 is 10.2 Å². The van der Waals surface area contributed by atoms with Crippen LogP contribution in [0, 0.1) is 0 Å². The number of benzene rings is 1. The molecular formula is C10H11ClN2O. The van der Waals surface area contributed by atoms with E-state index in [0.29, 0.717) is 18.0 Å². The van der Waals surface area contributed by atoms with Crippen molar-refractivity contribution in [1.82, 2.24) is 0 Å². The molecule has 0 saturated heterocycles. The number of carbonyl (C=O) groups is 1. The van der Waals surface area contributed by atoms with E-state index in [1.807, 2.05) is 12.1 Å². The molecule has 1 amide bonds. The van der Waals surface area contributed by atoms with Gasteiger partial charge in [-0.1, -0.05) is 11.6 Å². The van der Waals surface area contributed by atoms with Crippen molar-refractivity contribution in [2.45, 2.75) is 6.42 Å². The number of amides is 1. The van der Waals surface area contributed by atoms with Crippen molar-refractivity contribution in [3.8, 4) is 0 Å². The molecule has 1 aliphatic heterocycles. The van der Waals surface area contributed by atoms with Crippen LogP contribution in [0.4, 0.5) is 11.4 Å². The predicted octanol–water partition coefficient (Wildman–Crippen LogP) is 2.12. The van der Waals surface area contributed by atoms with E-state index in [1.165, 1.54) is 0 Å². The number of fused-ring (bicyclic) bond motifs is 1. The lowest BCUT2D eigenvalue weighted by atomic mass is 10.2. The third-order valence-corrected chi connectivity index (χ3v) is 2.58. The van der Waals surface area contributed by atoms with Crippen molar-refractivity contribution in [2.24, 2.45) is 0 Å². The summed E-state index contributed by atoms with van der Waals surface area (Å²) in [6, 6.07) is 5.51. The first-order valence-corrected chi connectivity index (χ1v) is 4.86. The van der Waals surface area contributed by atoms with Crippen molar-refractivity contribution in [3.05, 3.63) is 23.2 Å². The molecule has 74 valence electrons. The van der Waals surface area contributed by atoms with Gasteiger partial charge in [0.2, 0.25) is 5.91 Å². The highest BCUT2D eigenvalue weighted by Crippen LogP contribution is 2.30. The van der Waals surface area contributed by atoms with Gasteiger partial charge in [0.25, 0.3) is 0 Å². The topological polar surface area (TPSA) is 32.3 Å². The molecule has 0 radical (unpaired) electrons. The molecule has 0 unspecified atom stereocenters. The minimum Gasteiger partial charge on any atom is -0.383 e. The summed E-state index contributed by atoms with van der Waals surface area (Å²) in [6.45, 7) is 0.678. The second kappa shape index (κ2) is 3.50. The quantitative estimate of drug-likeness (QED) is 0.712. The summed E-state index contributed by atoms with van der Waals surface area (Å²) in [5, 5.41) is 3.84. The van der Waals surface area contributed by atoms with Crippen LogP contribution in [0.25, 0.3) is 0 Å². The summed E-state index contributed by atoms with van der Waals surface area (Å²) in [5.74, 6) is 0.110. The molecule has 0 atom stereocenters. The normalized spacial score (nSPS) is 15.9. The standard InChI is InChI=1S/C10H11ClN2O/c1-13-9-6-7(11)2-3-8(9)12-5-4-10(13)14/h2-3,6,12H,4-5H2,1H3. The van der Waals surface area contributed by atoms with E-state index in [2.05, 4.69) is 5.32 Å². The van der Waals surface area contributed by atoms with Gasteiger partial charge in [0.05, 0.1) is 11.4 Å². The molecule has 14 heavy (non-hydrogen) atoms. The monoisotopic (exact) mass is 210 g/mol. The number of nitrogens with zero attached hydrogens (tertiary/aromatic N) is 1. The van der Waals surface area contributed by atoms with E-state index in [9.17, 15) is 4.79 Å². The summed E-state index contributed by atoms with van der Waals surface area (Å²) in [5.41, 5.74) is 1.81. The van der Waals surface area contributed by atoms with Gasteiger partial charge < -0.3 is 10.2 Å². The van der Waals surface area contributed by atoms with E-state index in [0.717, 1.165) is 11.4 Å². The maximum absolute atomic E-state index is 11.5. The lowest BCUT2D eigenvalue weighted by Gasteiger charge is -2.16. The second-order valence-corrected chi connectivity index (χ2v) is 3.73. The van der Waals surface area contributed by atoms with Crippen LogP contribution in [0.5, 0.6) is 0 Å². The molecule has 0 fully saturated rings. The fraction of sp³-hybridized carbons (Fsp3) is 0.300. The third kappa shape index (κ3) is 1.55. The second-order valence-electron chi connectivity index (χ2n) is 3.29. The maximum atomic E-state index is 11.5. The molecule has 0 spiro atoms. The lowest BCUT2D eigenvalue weighted by Crippen LogP contribution is -2.25. The molecule has 0 bridgehead atoms. The number of carbonyl (C=O) groups excluding carboxylic acids is 1. The Morgan fingerprint density at radius 1 is 1.50 bits per heavy atom. The first kappa shape index (κ1) is 9.34. The molecule has 0 aromatic heterocycles. The highest BCUT2D eigenvalue weighted by molar-refractivity contribution is 6.31. The Balaban J connectivity index is 2.49. The summed E-state index contributed by atoms with van der Waals surface area (Å²) < 4.78 is 0. The third-order valence-electron chi connectivity index (χ3n) is 2.35. The van der Waals surface area contributed by atoms with Gasteiger partial charge in [-0.05, 0) is 18.2 Å². The zero-order valence-corrected chi connectivity index (χ0v) is 8.64. The minimum atomic E-state index is 0.110. The van der Waals surface area contributed by atoms with Crippen LogP contribution in [0.3, 0.4) is 0 Å². The molecule has 0 saturated carbocycles. The van der Waals surface area contributed by atoms with Gasteiger partial charge in [-0.2, -0.15) is 0 Å². The summed E-state index contributed by atoms with van der Waals surface area (Å²) >= 11 is 5.88. The van der Waals surface area contributed by atoms with Crippen LogP contribution in [0.2, 0.25) is 5.02 Å². The van der Waals surface area contributed by atoms with E-state index in [4.69, 9.17) is 11.6 Å². The van der Waals surface area contributed by atoms with Gasteiger partial charge >= 0.3 is 0 Å². The summed E-state index contributed by atoms with van der Waals surface area (Å²) in [4.78, 5) is 13.2. The van der Waals surface area contributed by atoms with Crippen molar-refractivity contribution in [2.75, 3.05) is 23.8 Å². The minimum absolute atomic E-state index is 0.110. The van der Waals surface area contributed by atoms with Gasteiger partial charge in [0.15, 0.2) is 0 Å². The van der Waals surface area contributed by atoms with E-state index >= 15 is 0 Å². The highest BCUT2D eigenvalue weighted by atomic mass is 35.5. The van der Waals surface area contributed by atoms with Crippen molar-refractivity contribution < 1.29 is 4.79 Å². The molecule has 3 nitrogen and oxygen atoms in total. The van der Waals surface area contributed by atoms with E-state index in [1.54, 1.807) is 18.0 Å². The smallest absolute Gasteiger partial charge is 0.228 e. The van der Waals surface area contributed by atoms with Crippen molar-refractivity contribution in [1.29, 1.82) is 0 Å². The van der Waals surface area contributed by atoms with Crippen molar-refractivity contribution >= 4 is 28.9 Å². The summed E-state index contributed by atoms with van der Waals surface area (Å²) in [6.07, 6.45) is 0.517. The Morgan fingerprint density at radius 2 is 2.29 bits per heavy atom. The molecule has 2 rings (SSSR count). The highest BCUT2D eigenvalue weighted by Gasteiger charge is 2.18. The van der Waals surface area contributed by atoms with Crippen molar-refractivity contribution in [3.63, 3.8) is 0 Å². The van der Waals surface area contributed by atoms with Crippen LogP contribution >= 0.6 is 11.6 Å². The largest absolute Gasteiger partial charge is 0.383 e. The SMILES string of the molecule is CN1C(=O)CCNc2ccc(Cl)cc21. The van der Waals surface area contributed by atoms with E-state index in [-0.39, 0.29) is 5.91 Å². The number of halogens is 1. The van der Waals surface area contributed by atoms with Crippen LogP contribution in [0.1, 0.15) is 6.42 Å². The number of hydrogen-bond acceptors (Lipinski definition) is 2. The molecule has 1 aromatic rings. The van der Waals surface area contributed by atoms with E-state index < -0.39 is 0 Å². The Morgan fingerprint density at radius 3 is 3.07 bits per heavy atom. The Bertz CT molecular complexity index is 378. The van der Waals surface area contributed by atoms with Crippen LogP contribution in [0.15, 0.2) is 18.2 Å². The van der Waals surface area contributed by atoms with Gasteiger partial charge in [-0.15, -0.1) is 0 Å². The Kier molecular flexibility index (Phi) is 2.33. The zero-order valence-electron chi connectivity index (χ0n) is 7.88.